The first-order chi connectivity index (χ1) is 16.6. The Balaban J connectivity index is 1.53. The lowest BCUT2D eigenvalue weighted by molar-refractivity contribution is -0.133. The Morgan fingerprint density at radius 2 is 1.85 bits per heavy atom. The minimum atomic E-state index is -0.299. The number of carbonyl (C=O) groups is 2. The Bertz CT molecular complexity index is 1120. The molecule has 2 heterocycles. The molecule has 1 aliphatic rings. The van der Waals surface area contributed by atoms with Crippen LogP contribution in [0.25, 0.3) is 0 Å². The topological polar surface area (TPSA) is 61.9 Å². The van der Waals surface area contributed by atoms with Crippen LogP contribution in [0, 0.1) is 0 Å². The summed E-state index contributed by atoms with van der Waals surface area (Å²) in [6.45, 7) is 5.57. The molecule has 0 aliphatic carbocycles. The number of benzene rings is 2. The van der Waals surface area contributed by atoms with Gasteiger partial charge in [-0.2, -0.15) is 0 Å². The molecule has 178 valence electrons. The van der Waals surface area contributed by atoms with Crippen molar-refractivity contribution in [3.8, 4) is 5.75 Å². The molecule has 34 heavy (non-hydrogen) atoms. The van der Waals surface area contributed by atoms with E-state index in [9.17, 15) is 9.59 Å². The zero-order chi connectivity index (χ0) is 23.9. The van der Waals surface area contributed by atoms with Crippen LogP contribution in [0.1, 0.15) is 42.3 Å². The zero-order valence-electron chi connectivity index (χ0n) is 19.7. The van der Waals surface area contributed by atoms with Crippen LogP contribution in [0.3, 0.4) is 0 Å². The van der Waals surface area contributed by atoms with E-state index in [2.05, 4.69) is 28.9 Å². The van der Waals surface area contributed by atoms with Crippen molar-refractivity contribution in [3.05, 3.63) is 82.0 Å². The van der Waals surface area contributed by atoms with Crippen LogP contribution >= 0.6 is 11.3 Å². The molecule has 1 atom stereocenters. The van der Waals surface area contributed by atoms with E-state index in [-0.39, 0.29) is 24.5 Å². The van der Waals surface area contributed by atoms with Crippen molar-refractivity contribution in [1.82, 2.24) is 9.80 Å². The van der Waals surface area contributed by atoms with Gasteiger partial charge in [-0.15, -0.1) is 11.3 Å². The van der Waals surface area contributed by atoms with E-state index < -0.39 is 0 Å². The molecule has 0 bridgehead atoms. The number of thiophene rings is 1. The molecule has 0 radical (unpaired) electrons. The zero-order valence-corrected chi connectivity index (χ0v) is 20.5. The number of amides is 3. The van der Waals surface area contributed by atoms with Gasteiger partial charge in [-0.3, -0.25) is 4.79 Å². The highest BCUT2D eigenvalue weighted by atomic mass is 32.1. The number of carbonyl (C=O) groups excluding carboxylic acids is 2. The monoisotopic (exact) mass is 477 g/mol. The Morgan fingerprint density at radius 1 is 1.09 bits per heavy atom. The van der Waals surface area contributed by atoms with Gasteiger partial charge in [-0.05, 0) is 54.5 Å². The first-order valence-electron chi connectivity index (χ1n) is 11.8. The molecule has 1 aromatic heterocycles. The second-order valence-electron chi connectivity index (χ2n) is 8.23. The van der Waals surface area contributed by atoms with E-state index in [1.807, 2.05) is 61.2 Å². The highest BCUT2D eigenvalue weighted by Crippen LogP contribution is 2.37. The van der Waals surface area contributed by atoms with Crippen LogP contribution in [-0.2, 0) is 11.2 Å². The third-order valence-electron chi connectivity index (χ3n) is 5.94. The Kier molecular flexibility index (Phi) is 7.85. The summed E-state index contributed by atoms with van der Waals surface area (Å²) in [5.41, 5.74) is 2.88. The summed E-state index contributed by atoms with van der Waals surface area (Å²) in [6, 6.07) is 19.2. The van der Waals surface area contributed by atoms with Crippen molar-refractivity contribution < 1.29 is 14.3 Å². The molecule has 0 saturated carbocycles. The quantitative estimate of drug-likeness (QED) is 0.462. The number of ether oxygens (including phenoxy) is 1. The predicted molar refractivity (Wildman–Crippen MR) is 137 cm³/mol. The third kappa shape index (κ3) is 5.25. The van der Waals surface area contributed by atoms with Gasteiger partial charge < -0.3 is 19.9 Å². The molecule has 1 unspecified atom stereocenters. The van der Waals surface area contributed by atoms with Gasteiger partial charge in [0.1, 0.15) is 12.3 Å². The number of nitrogens with zero attached hydrogens (tertiary/aromatic N) is 2. The van der Waals surface area contributed by atoms with Crippen molar-refractivity contribution in [2.45, 2.75) is 32.7 Å². The Hall–Kier alpha value is -3.32. The molecule has 4 rings (SSSR count). The standard InChI is InChI=1S/C27H31N3O3S/c1-3-16-29(27(32)28-22-12-8-9-13-23(22)33-4-2)19-25(31)30-17-14-24-21(15-18-34-24)26(30)20-10-6-5-7-11-20/h5-13,15,18,26H,3-4,14,16-17,19H2,1-2H3,(H,28,32). The fourth-order valence-corrected chi connectivity index (χ4v) is 5.31. The maximum atomic E-state index is 13.6. The van der Waals surface area contributed by atoms with Crippen LogP contribution < -0.4 is 10.1 Å². The Morgan fingerprint density at radius 3 is 2.62 bits per heavy atom. The molecule has 0 spiro atoms. The van der Waals surface area contributed by atoms with Crippen LogP contribution in [0.2, 0.25) is 0 Å². The van der Waals surface area contributed by atoms with Gasteiger partial charge in [0.25, 0.3) is 0 Å². The summed E-state index contributed by atoms with van der Waals surface area (Å²) < 4.78 is 5.64. The largest absolute Gasteiger partial charge is 0.492 e. The molecule has 1 aliphatic heterocycles. The molecule has 3 amide bonds. The molecule has 7 heteroatoms. The average molecular weight is 478 g/mol. The summed E-state index contributed by atoms with van der Waals surface area (Å²) in [5.74, 6) is 0.568. The third-order valence-corrected chi connectivity index (χ3v) is 6.93. The lowest BCUT2D eigenvalue weighted by Gasteiger charge is -2.37. The molecule has 0 saturated heterocycles. The number of hydrogen-bond acceptors (Lipinski definition) is 4. The van der Waals surface area contributed by atoms with Crippen molar-refractivity contribution >= 4 is 29.0 Å². The minimum Gasteiger partial charge on any atom is -0.492 e. The molecular weight excluding hydrogens is 446 g/mol. The Labute approximate surface area is 205 Å². The van der Waals surface area contributed by atoms with E-state index in [1.54, 1.807) is 16.2 Å². The lowest BCUT2D eigenvalue weighted by Crippen LogP contribution is -2.47. The van der Waals surface area contributed by atoms with Crippen LogP contribution in [0.15, 0.2) is 66.0 Å². The van der Waals surface area contributed by atoms with Gasteiger partial charge in [-0.1, -0.05) is 49.4 Å². The summed E-state index contributed by atoms with van der Waals surface area (Å²) in [6.07, 6.45) is 1.59. The highest BCUT2D eigenvalue weighted by molar-refractivity contribution is 7.10. The van der Waals surface area contributed by atoms with Crippen molar-refractivity contribution in [2.24, 2.45) is 0 Å². The first kappa shape index (κ1) is 23.8. The lowest BCUT2D eigenvalue weighted by atomic mass is 9.93. The van der Waals surface area contributed by atoms with Crippen molar-refractivity contribution in [1.29, 1.82) is 0 Å². The van der Waals surface area contributed by atoms with E-state index in [0.29, 0.717) is 31.1 Å². The number of rotatable bonds is 8. The van der Waals surface area contributed by atoms with Gasteiger partial charge >= 0.3 is 6.03 Å². The highest BCUT2D eigenvalue weighted by Gasteiger charge is 2.33. The number of para-hydroxylation sites is 2. The van der Waals surface area contributed by atoms with Crippen LogP contribution in [-0.4, -0.2) is 48.0 Å². The second-order valence-corrected chi connectivity index (χ2v) is 9.23. The summed E-state index contributed by atoms with van der Waals surface area (Å²) in [7, 11) is 0. The van der Waals surface area contributed by atoms with Gasteiger partial charge in [0.2, 0.25) is 5.91 Å². The molecule has 2 aromatic carbocycles. The van der Waals surface area contributed by atoms with Crippen LogP contribution in [0.4, 0.5) is 10.5 Å². The maximum Gasteiger partial charge on any atom is 0.322 e. The number of hydrogen-bond donors (Lipinski definition) is 1. The number of urea groups is 1. The molecule has 6 nitrogen and oxygen atoms in total. The molecule has 1 N–H and O–H groups in total. The normalized spacial score (nSPS) is 14.9. The summed E-state index contributed by atoms with van der Waals surface area (Å²) >= 11 is 1.75. The van der Waals surface area contributed by atoms with Gasteiger partial charge in [-0.25, -0.2) is 4.79 Å². The number of fused-ring (bicyclic) bond motifs is 1. The predicted octanol–water partition coefficient (Wildman–Crippen LogP) is 5.57. The van der Waals surface area contributed by atoms with Gasteiger partial charge in [0.15, 0.2) is 0 Å². The van der Waals surface area contributed by atoms with Gasteiger partial charge in [0, 0.05) is 18.0 Å². The van der Waals surface area contributed by atoms with Crippen molar-refractivity contribution in [2.75, 3.05) is 31.6 Å². The maximum absolute atomic E-state index is 13.6. The number of anilines is 1. The van der Waals surface area contributed by atoms with Crippen LogP contribution in [0.5, 0.6) is 5.75 Å². The fourth-order valence-electron chi connectivity index (χ4n) is 4.40. The minimum absolute atomic E-state index is 0.0271. The van der Waals surface area contributed by atoms with E-state index >= 15 is 0 Å². The first-order valence-corrected chi connectivity index (χ1v) is 12.7. The van der Waals surface area contributed by atoms with Gasteiger partial charge in [0.05, 0.1) is 18.3 Å². The second kappa shape index (κ2) is 11.2. The molecular formula is C27H31N3O3S. The average Bonchev–Trinajstić information content (AvgIpc) is 3.34. The van der Waals surface area contributed by atoms with E-state index in [1.165, 1.54) is 10.4 Å². The summed E-state index contributed by atoms with van der Waals surface area (Å²) in [4.78, 5) is 31.6. The SMILES string of the molecule is CCCN(CC(=O)N1CCc2sccc2C1c1ccccc1)C(=O)Nc1ccccc1OCC. The summed E-state index contributed by atoms with van der Waals surface area (Å²) in [5, 5.41) is 5.03. The van der Waals surface area contributed by atoms with Crippen molar-refractivity contribution in [3.63, 3.8) is 0 Å². The smallest absolute Gasteiger partial charge is 0.322 e. The number of nitrogens with one attached hydrogen (secondary N) is 1. The molecule has 0 fully saturated rings. The fraction of sp³-hybridized carbons (Fsp3) is 0.333. The van der Waals surface area contributed by atoms with E-state index in [0.717, 1.165) is 18.4 Å². The van der Waals surface area contributed by atoms with E-state index in [4.69, 9.17) is 4.74 Å². The molecule has 3 aromatic rings.